The molecule has 2 bridgehead atoms. The predicted molar refractivity (Wildman–Crippen MR) is 73.0 cm³/mol. The van der Waals surface area contributed by atoms with Crippen LogP contribution in [0.1, 0.15) is 38.5 Å². The van der Waals surface area contributed by atoms with Crippen LogP contribution in [0.3, 0.4) is 0 Å². The van der Waals surface area contributed by atoms with Crippen molar-refractivity contribution in [1.82, 2.24) is 0 Å². The van der Waals surface area contributed by atoms with Gasteiger partial charge in [0.2, 0.25) is 0 Å². The van der Waals surface area contributed by atoms with Crippen LogP contribution in [0.15, 0.2) is 0 Å². The van der Waals surface area contributed by atoms with Crippen molar-refractivity contribution < 1.29 is 18.9 Å². The molecule has 0 aromatic rings. The molecule has 0 N–H and O–H groups in total. The lowest BCUT2D eigenvalue weighted by atomic mass is 9.82. The third-order valence-electron chi connectivity index (χ3n) is 4.65. The van der Waals surface area contributed by atoms with Crippen LogP contribution in [0.5, 0.6) is 0 Å². The van der Waals surface area contributed by atoms with Gasteiger partial charge in [-0.05, 0) is 12.8 Å². The monoisotopic (exact) mass is 272 g/mol. The van der Waals surface area contributed by atoms with E-state index < -0.39 is 0 Å². The van der Waals surface area contributed by atoms with Crippen LogP contribution in [0.25, 0.3) is 0 Å². The molecule has 2 aliphatic rings. The second-order valence-electron chi connectivity index (χ2n) is 5.75. The minimum Gasteiger partial charge on any atom is -0.384 e. The summed E-state index contributed by atoms with van der Waals surface area (Å²) in [6, 6.07) is 0. The van der Waals surface area contributed by atoms with Gasteiger partial charge in [-0.25, -0.2) is 0 Å². The smallest absolute Gasteiger partial charge is 0.160 e. The molecule has 5 atom stereocenters. The minimum absolute atomic E-state index is 0.0964. The van der Waals surface area contributed by atoms with E-state index in [9.17, 15) is 0 Å². The lowest BCUT2D eigenvalue weighted by Gasteiger charge is -2.29. The van der Waals surface area contributed by atoms with Gasteiger partial charge in [0, 0.05) is 33.2 Å². The fraction of sp³-hybridized carbons (Fsp3) is 1.00. The fourth-order valence-electron chi connectivity index (χ4n) is 3.65. The van der Waals surface area contributed by atoms with Gasteiger partial charge < -0.3 is 18.9 Å². The molecule has 1 heterocycles. The van der Waals surface area contributed by atoms with Gasteiger partial charge >= 0.3 is 0 Å². The first-order chi connectivity index (χ1) is 9.31. The van der Waals surface area contributed by atoms with Gasteiger partial charge in [-0.1, -0.05) is 25.7 Å². The number of hydrogen-bond acceptors (Lipinski definition) is 4. The first kappa shape index (κ1) is 15.2. The van der Waals surface area contributed by atoms with Crippen LogP contribution in [-0.4, -0.2) is 46.4 Å². The van der Waals surface area contributed by atoms with Gasteiger partial charge in [-0.2, -0.15) is 0 Å². The number of hydrogen-bond donors (Lipinski definition) is 0. The van der Waals surface area contributed by atoms with Crippen molar-refractivity contribution in [2.45, 2.75) is 57.0 Å². The normalized spacial score (nSPS) is 40.3. The maximum atomic E-state index is 6.15. The molecule has 112 valence electrons. The topological polar surface area (TPSA) is 36.9 Å². The van der Waals surface area contributed by atoms with Crippen LogP contribution in [0.4, 0.5) is 0 Å². The van der Waals surface area contributed by atoms with Gasteiger partial charge in [0.15, 0.2) is 6.29 Å². The summed E-state index contributed by atoms with van der Waals surface area (Å²) in [5.41, 5.74) is 0. The molecule has 2 fully saturated rings. The molecule has 0 spiro atoms. The molecular formula is C15H28O4. The third-order valence-corrected chi connectivity index (χ3v) is 4.65. The summed E-state index contributed by atoms with van der Waals surface area (Å²) in [7, 11) is 5.30. The van der Waals surface area contributed by atoms with E-state index in [0.717, 1.165) is 13.0 Å². The van der Waals surface area contributed by atoms with Crippen LogP contribution >= 0.6 is 0 Å². The molecule has 1 aliphatic heterocycles. The Morgan fingerprint density at radius 2 is 1.68 bits per heavy atom. The summed E-state index contributed by atoms with van der Waals surface area (Å²) in [6.07, 6.45) is 7.50. The van der Waals surface area contributed by atoms with Gasteiger partial charge in [0.1, 0.15) is 0 Å². The van der Waals surface area contributed by atoms with Crippen molar-refractivity contribution >= 4 is 0 Å². The van der Waals surface area contributed by atoms with E-state index in [1.807, 2.05) is 0 Å². The van der Waals surface area contributed by atoms with E-state index in [1.54, 1.807) is 21.3 Å². The van der Waals surface area contributed by atoms with Crippen LogP contribution in [-0.2, 0) is 18.9 Å². The van der Waals surface area contributed by atoms with Crippen LogP contribution < -0.4 is 0 Å². The summed E-state index contributed by atoms with van der Waals surface area (Å²) in [5.74, 6) is 0.823. The first-order valence-electron chi connectivity index (χ1n) is 7.51. The predicted octanol–water partition coefficient (Wildman–Crippen LogP) is 2.61. The number of rotatable bonds is 4. The Morgan fingerprint density at radius 3 is 2.32 bits per heavy atom. The molecule has 0 aromatic carbocycles. The van der Waals surface area contributed by atoms with Crippen LogP contribution in [0, 0.1) is 11.8 Å². The van der Waals surface area contributed by atoms with Crippen LogP contribution in [0.2, 0.25) is 0 Å². The van der Waals surface area contributed by atoms with Crippen molar-refractivity contribution in [1.29, 1.82) is 0 Å². The van der Waals surface area contributed by atoms with Gasteiger partial charge in [0.25, 0.3) is 0 Å². The largest absolute Gasteiger partial charge is 0.384 e. The van der Waals surface area contributed by atoms with Gasteiger partial charge in [0.05, 0.1) is 18.8 Å². The molecule has 19 heavy (non-hydrogen) atoms. The van der Waals surface area contributed by atoms with E-state index in [0.29, 0.717) is 11.8 Å². The SMILES string of the molecule is COC[C@@H]1[C@H]2CCCCCC[C@@H](OC)[C@@H]1O[C@H]2OC. The highest BCUT2D eigenvalue weighted by Gasteiger charge is 2.47. The van der Waals surface area contributed by atoms with Crippen molar-refractivity contribution in [3.8, 4) is 0 Å². The second kappa shape index (κ2) is 7.58. The zero-order chi connectivity index (χ0) is 13.7. The van der Waals surface area contributed by atoms with E-state index in [1.165, 1.54) is 32.1 Å². The lowest BCUT2D eigenvalue weighted by Crippen LogP contribution is -2.37. The summed E-state index contributed by atoms with van der Waals surface area (Å²) in [6.45, 7) is 0.731. The van der Waals surface area contributed by atoms with Gasteiger partial charge in [-0.15, -0.1) is 0 Å². The molecule has 0 radical (unpaired) electrons. The summed E-state index contributed by atoms with van der Waals surface area (Å²) >= 11 is 0. The molecule has 1 aliphatic carbocycles. The van der Waals surface area contributed by atoms with Crippen molar-refractivity contribution in [2.75, 3.05) is 27.9 Å². The minimum atomic E-state index is -0.0964. The Kier molecular flexibility index (Phi) is 6.07. The highest BCUT2D eigenvalue weighted by Crippen LogP contribution is 2.40. The number of methoxy groups -OCH3 is 3. The maximum Gasteiger partial charge on any atom is 0.160 e. The molecule has 2 rings (SSSR count). The van der Waals surface area contributed by atoms with E-state index in [2.05, 4.69) is 0 Å². The highest BCUT2D eigenvalue weighted by molar-refractivity contribution is 4.91. The lowest BCUT2D eigenvalue weighted by molar-refractivity contribution is -0.157. The van der Waals surface area contributed by atoms with E-state index in [4.69, 9.17) is 18.9 Å². The van der Waals surface area contributed by atoms with Gasteiger partial charge in [-0.3, -0.25) is 0 Å². The Labute approximate surface area is 116 Å². The molecular weight excluding hydrogens is 244 g/mol. The molecule has 1 saturated heterocycles. The standard InChI is InChI=1S/C15H28O4/c1-16-10-12-11-8-6-4-5-7-9-13(17-2)14(12)19-15(11)18-3/h11-15H,4-10H2,1-3H3/t11-,12-,13-,14-,15-/m1/s1. The third kappa shape index (κ3) is 3.48. The van der Waals surface area contributed by atoms with Crippen molar-refractivity contribution in [3.63, 3.8) is 0 Å². The molecule has 4 nitrogen and oxygen atoms in total. The van der Waals surface area contributed by atoms with E-state index >= 15 is 0 Å². The molecule has 0 unspecified atom stereocenters. The molecule has 0 amide bonds. The highest BCUT2D eigenvalue weighted by atomic mass is 16.7. The zero-order valence-electron chi connectivity index (χ0n) is 12.5. The molecule has 1 saturated carbocycles. The van der Waals surface area contributed by atoms with Crippen molar-refractivity contribution in [2.24, 2.45) is 11.8 Å². The Bertz CT molecular complexity index is 259. The number of ether oxygens (including phenoxy) is 4. The second-order valence-corrected chi connectivity index (χ2v) is 5.75. The first-order valence-corrected chi connectivity index (χ1v) is 7.51. The average Bonchev–Trinajstić information content (AvgIpc) is 2.75. The van der Waals surface area contributed by atoms with Crippen molar-refractivity contribution in [3.05, 3.63) is 0 Å². The average molecular weight is 272 g/mol. The van der Waals surface area contributed by atoms with E-state index in [-0.39, 0.29) is 18.5 Å². The Balaban J connectivity index is 2.16. The molecule has 4 heteroatoms. The molecule has 0 aromatic heterocycles. The Hall–Kier alpha value is -0.160. The summed E-state index contributed by atoms with van der Waals surface area (Å²) in [5, 5.41) is 0. The zero-order valence-corrected chi connectivity index (χ0v) is 12.5. The maximum absolute atomic E-state index is 6.15. The fourth-order valence-corrected chi connectivity index (χ4v) is 3.65. The summed E-state index contributed by atoms with van der Waals surface area (Å²) in [4.78, 5) is 0. The Morgan fingerprint density at radius 1 is 0.947 bits per heavy atom. The quantitative estimate of drug-likeness (QED) is 0.788. The summed E-state index contributed by atoms with van der Waals surface area (Å²) < 4.78 is 22.8. The number of fused-ring (bicyclic) bond motifs is 2.